The molecule has 1 fully saturated rings. The summed E-state index contributed by atoms with van der Waals surface area (Å²) in [6, 6.07) is 13.3. The summed E-state index contributed by atoms with van der Waals surface area (Å²) in [4.78, 5) is 20.8. The maximum Gasteiger partial charge on any atom is 0.260 e. The molecule has 3 heterocycles. The number of hydrogen-bond donors (Lipinski definition) is 0. The van der Waals surface area contributed by atoms with Crippen LogP contribution in [0.2, 0.25) is 5.02 Å². The summed E-state index contributed by atoms with van der Waals surface area (Å²) in [7, 11) is 0. The summed E-state index contributed by atoms with van der Waals surface area (Å²) in [5, 5.41) is 9.37. The molecule has 2 aromatic heterocycles. The van der Waals surface area contributed by atoms with Gasteiger partial charge in [0.2, 0.25) is 0 Å². The Morgan fingerprint density at radius 1 is 1.00 bits per heavy atom. The Morgan fingerprint density at radius 3 is 2.35 bits per heavy atom. The number of halogens is 1. The Hall–Kier alpha value is -3.19. The van der Waals surface area contributed by atoms with Crippen molar-refractivity contribution in [2.45, 2.75) is 13.8 Å². The first-order chi connectivity index (χ1) is 15.0. The summed E-state index contributed by atoms with van der Waals surface area (Å²) in [5.74, 6) is 1.44. The summed E-state index contributed by atoms with van der Waals surface area (Å²) < 4.78 is 5.71. The quantitative estimate of drug-likeness (QED) is 0.608. The van der Waals surface area contributed by atoms with E-state index in [1.807, 2.05) is 61.2 Å². The highest BCUT2D eigenvalue weighted by atomic mass is 35.5. The van der Waals surface area contributed by atoms with Gasteiger partial charge < -0.3 is 14.5 Å². The minimum absolute atomic E-state index is 0.0130. The van der Waals surface area contributed by atoms with Crippen LogP contribution < -0.4 is 9.64 Å². The number of amides is 1. The molecule has 1 aliphatic heterocycles. The second kappa shape index (κ2) is 9.31. The fourth-order valence-electron chi connectivity index (χ4n) is 3.56. The van der Waals surface area contributed by atoms with E-state index < -0.39 is 0 Å². The fraction of sp³-hybridized carbons (Fsp3) is 0.304. The first-order valence-corrected chi connectivity index (χ1v) is 10.6. The SMILES string of the molecule is Cc1cc(OCC(=O)N2CCN(c3ccc(-c4ccccn4)nn3)CC2)cc(C)c1Cl. The highest BCUT2D eigenvalue weighted by Gasteiger charge is 2.22. The third-order valence-corrected chi connectivity index (χ3v) is 5.90. The Kier molecular flexibility index (Phi) is 6.32. The Morgan fingerprint density at radius 2 is 1.74 bits per heavy atom. The molecule has 4 rings (SSSR count). The van der Waals surface area contributed by atoms with Crippen LogP contribution in [0.15, 0.2) is 48.7 Å². The number of rotatable bonds is 5. The monoisotopic (exact) mass is 437 g/mol. The number of piperazine rings is 1. The number of aryl methyl sites for hydroxylation is 2. The molecule has 3 aromatic rings. The van der Waals surface area contributed by atoms with Crippen LogP contribution in [0, 0.1) is 13.8 Å². The molecule has 1 saturated heterocycles. The second-order valence-electron chi connectivity index (χ2n) is 7.52. The van der Waals surface area contributed by atoms with E-state index in [4.69, 9.17) is 16.3 Å². The standard InChI is InChI=1S/C23H24ClN5O2/c1-16-13-18(14-17(2)23(16)24)31-15-22(30)29-11-9-28(10-12-29)21-7-6-20(26-27-21)19-5-3-4-8-25-19/h3-8,13-14H,9-12,15H2,1-2H3. The highest BCUT2D eigenvalue weighted by molar-refractivity contribution is 6.32. The molecule has 0 aliphatic carbocycles. The zero-order chi connectivity index (χ0) is 21.8. The van der Waals surface area contributed by atoms with Crippen LogP contribution in [0.4, 0.5) is 5.82 Å². The van der Waals surface area contributed by atoms with E-state index in [1.54, 1.807) is 6.20 Å². The van der Waals surface area contributed by atoms with Crippen molar-refractivity contribution < 1.29 is 9.53 Å². The Labute approximate surface area is 186 Å². The van der Waals surface area contributed by atoms with Gasteiger partial charge in [-0.25, -0.2) is 0 Å². The molecule has 1 amide bonds. The number of ether oxygens (including phenoxy) is 1. The maximum absolute atomic E-state index is 12.6. The molecule has 0 unspecified atom stereocenters. The second-order valence-corrected chi connectivity index (χ2v) is 7.90. The van der Waals surface area contributed by atoms with E-state index in [-0.39, 0.29) is 12.5 Å². The molecule has 0 bridgehead atoms. The number of carbonyl (C=O) groups is 1. The van der Waals surface area contributed by atoms with Crippen molar-refractivity contribution in [3.05, 3.63) is 64.8 Å². The van der Waals surface area contributed by atoms with Gasteiger partial charge in [0.25, 0.3) is 5.91 Å². The van der Waals surface area contributed by atoms with Gasteiger partial charge in [0.1, 0.15) is 11.4 Å². The van der Waals surface area contributed by atoms with Crippen LogP contribution >= 0.6 is 11.6 Å². The average Bonchev–Trinajstić information content (AvgIpc) is 2.81. The number of nitrogens with zero attached hydrogens (tertiary/aromatic N) is 5. The van der Waals surface area contributed by atoms with Crippen molar-refractivity contribution in [2.24, 2.45) is 0 Å². The molecule has 7 nitrogen and oxygen atoms in total. The van der Waals surface area contributed by atoms with Crippen LogP contribution in [-0.2, 0) is 4.79 Å². The van der Waals surface area contributed by atoms with Gasteiger partial charge in [-0.15, -0.1) is 10.2 Å². The molecule has 0 radical (unpaired) electrons. The van der Waals surface area contributed by atoms with E-state index in [0.29, 0.717) is 31.9 Å². The normalized spacial score (nSPS) is 13.9. The zero-order valence-electron chi connectivity index (χ0n) is 17.6. The van der Waals surface area contributed by atoms with Gasteiger partial charge in [-0.2, -0.15) is 0 Å². The summed E-state index contributed by atoms with van der Waals surface area (Å²) >= 11 is 6.19. The lowest BCUT2D eigenvalue weighted by Gasteiger charge is -2.35. The topological polar surface area (TPSA) is 71.5 Å². The molecule has 1 aromatic carbocycles. The van der Waals surface area contributed by atoms with Gasteiger partial charge in [0, 0.05) is 37.4 Å². The summed E-state index contributed by atoms with van der Waals surface area (Å²) in [6.45, 7) is 6.49. The molecular formula is C23H24ClN5O2. The summed E-state index contributed by atoms with van der Waals surface area (Å²) in [6.07, 6.45) is 1.74. The number of aromatic nitrogens is 3. The van der Waals surface area contributed by atoms with E-state index in [1.165, 1.54) is 0 Å². The third kappa shape index (κ3) is 4.94. The lowest BCUT2D eigenvalue weighted by Crippen LogP contribution is -2.50. The van der Waals surface area contributed by atoms with Gasteiger partial charge >= 0.3 is 0 Å². The van der Waals surface area contributed by atoms with E-state index >= 15 is 0 Å². The molecule has 0 atom stereocenters. The molecule has 31 heavy (non-hydrogen) atoms. The van der Waals surface area contributed by atoms with Crippen LogP contribution in [0.1, 0.15) is 11.1 Å². The largest absolute Gasteiger partial charge is 0.484 e. The molecule has 0 saturated carbocycles. The summed E-state index contributed by atoms with van der Waals surface area (Å²) in [5.41, 5.74) is 3.41. The number of anilines is 1. The zero-order valence-corrected chi connectivity index (χ0v) is 18.3. The highest BCUT2D eigenvalue weighted by Crippen LogP contribution is 2.26. The van der Waals surface area contributed by atoms with Gasteiger partial charge in [0.05, 0.1) is 5.69 Å². The van der Waals surface area contributed by atoms with Crippen LogP contribution in [-0.4, -0.2) is 58.8 Å². The number of hydrogen-bond acceptors (Lipinski definition) is 6. The smallest absolute Gasteiger partial charge is 0.260 e. The van der Waals surface area contributed by atoms with Gasteiger partial charge in [-0.3, -0.25) is 9.78 Å². The number of pyridine rings is 1. The van der Waals surface area contributed by atoms with Crippen molar-refractivity contribution in [1.29, 1.82) is 0 Å². The van der Waals surface area contributed by atoms with Crippen molar-refractivity contribution in [3.63, 3.8) is 0 Å². The van der Waals surface area contributed by atoms with Gasteiger partial charge in [-0.1, -0.05) is 17.7 Å². The van der Waals surface area contributed by atoms with Crippen LogP contribution in [0.25, 0.3) is 11.4 Å². The lowest BCUT2D eigenvalue weighted by atomic mass is 10.1. The predicted octanol–water partition coefficient (Wildman–Crippen LogP) is 3.54. The van der Waals surface area contributed by atoms with E-state index in [0.717, 1.165) is 33.4 Å². The van der Waals surface area contributed by atoms with E-state index in [9.17, 15) is 4.79 Å². The molecule has 1 aliphatic rings. The first-order valence-electron chi connectivity index (χ1n) is 10.2. The minimum atomic E-state index is -0.0264. The molecule has 8 heteroatoms. The molecule has 160 valence electrons. The van der Waals surface area contributed by atoms with Crippen LogP contribution in [0.3, 0.4) is 0 Å². The Bertz CT molecular complexity index is 1030. The number of carbonyl (C=O) groups excluding carboxylic acids is 1. The molecular weight excluding hydrogens is 414 g/mol. The third-order valence-electron chi connectivity index (χ3n) is 5.31. The minimum Gasteiger partial charge on any atom is -0.484 e. The fourth-order valence-corrected chi connectivity index (χ4v) is 3.66. The van der Waals surface area contributed by atoms with Crippen molar-refractivity contribution in [2.75, 3.05) is 37.7 Å². The maximum atomic E-state index is 12.6. The van der Waals surface area contributed by atoms with Crippen molar-refractivity contribution >= 4 is 23.3 Å². The average molecular weight is 438 g/mol. The number of benzene rings is 1. The van der Waals surface area contributed by atoms with Crippen molar-refractivity contribution in [3.8, 4) is 17.1 Å². The first kappa shape index (κ1) is 21.1. The van der Waals surface area contributed by atoms with Gasteiger partial charge in [-0.05, 0) is 61.4 Å². The van der Waals surface area contributed by atoms with Gasteiger partial charge in [0.15, 0.2) is 12.4 Å². The lowest BCUT2D eigenvalue weighted by molar-refractivity contribution is -0.133. The van der Waals surface area contributed by atoms with Crippen LogP contribution in [0.5, 0.6) is 5.75 Å². The van der Waals surface area contributed by atoms with Crippen molar-refractivity contribution in [1.82, 2.24) is 20.1 Å². The van der Waals surface area contributed by atoms with E-state index in [2.05, 4.69) is 20.1 Å². The predicted molar refractivity (Wildman–Crippen MR) is 120 cm³/mol. The molecule has 0 spiro atoms. The molecule has 0 N–H and O–H groups in total. The Balaban J connectivity index is 1.29.